The largest absolute Gasteiger partial charge is 0.465 e. The van der Waals surface area contributed by atoms with Crippen LogP contribution in [0.4, 0.5) is 17.6 Å². The number of carbonyl (C=O) groups is 1. The Morgan fingerprint density at radius 2 is 1.83 bits per heavy atom. The van der Waals surface area contributed by atoms with Crippen molar-refractivity contribution in [1.82, 2.24) is 19.6 Å². The summed E-state index contributed by atoms with van der Waals surface area (Å²) < 4.78 is 59.1. The number of hydrogen-bond donors (Lipinski definition) is 0. The number of alkyl halides is 3. The Morgan fingerprint density at radius 3 is 2.48 bits per heavy atom. The summed E-state index contributed by atoms with van der Waals surface area (Å²) in [4.78, 5) is 16.7. The van der Waals surface area contributed by atoms with E-state index in [0.29, 0.717) is 4.90 Å². The van der Waals surface area contributed by atoms with E-state index in [1.807, 2.05) is 0 Å². The Bertz CT molecular complexity index is 1240. The standard InChI is InChI=1S/C18H10F4N4O2S/c1-28-16(27)9-2-7-12-13(8-9)26-14(24-25-17(26)18(20,21)22)15(23-12)29-11-5-3-10(19)4-6-11/h2-8H,1H3. The number of esters is 1. The Morgan fingerprint density at radius 1 is 1.10 bits per heavy atom. The number of benzene rings is 2. The Kier molecular flexibility index (Phi) is 4.61. The van der Waals surface area contributed by atoms with Gasteiger partial charge in [0.1, 0.15) is 10.8 Å². The molecule has 0 radical (unpaired) electrons. The molecule has 0 saturated heterocycles. The first-order valence-corrected chi connectivity index (χ1v) is 8.87. The van der Waals surface area contributed by atoms with Gasteiger partial charge in [0.25, 0.3) is 0 Å². The maximum absolute atomic E-state index is 13.5. The minimum atomic E-state index is -4.78. The van der Waals surface area contributed by atoms with Crippen molar-refractivity contribution in [1.29, 1.82) is 0 Å². The minimum absolute atomic E-state index is 0.00341. The number of ether oxygens (including phenoxy) is 1. The molecule has 2 heterocycles. The van der Waals surface area contributed by atoms with Crippen LogP contribution in [-0.2, 0) is 10.9 Å². The van der Waals surface area contributed by atoms with Crippen molar-refractivity contribution in [2.45, 2.75) is 16.1 Å². The van der Waals surface area contributed by atoms with Gasteiger partial charge in [0, 0.05) is 4.90 Å². The van der Waals surface area contributed by atoms with Crippen molar-refractivity contribution in [3.63, 3.8) is 0 Å². The van der Waals surface area contributed by atoms with Crippen LogP contribution in [0.5, 0.6) is 0 Å². The van der Waals surface area contributed by atoms with E-state index in [4.69, 9.17) is 0 Å². The molecule has 4 aromatic rings. The van der Waals surface area contributed by atoms with E-state index in [-0.39, 0.29) is 27.3 Å². The zero-order chi connectivity index (χ0) is 20.8. The van der Waals surface area contributed by atoms with Crippen molar-refractivity contribution < 1.29 is 27.1 Å². The summed E-state index contributed by atoms with van der Waals surface area (Å²) in [5.41, 5.74) is 0.119. The third kappa shape index (κ3) is 3.48. The molecule has 0 N–H and O–H groups in total. The zero-order valence-electron chi connectivity index (χ0n) is 14.6. The molecular formula is C18H10F4N4O2S. The normalized spacial score (nSPS) is 11.9. The topological polar surface area (TPSA) is 69.4 Å². The van der Waals surface area contributed by atoms with Crippen molar-refractivity contribution in [3.05, 3.63) is 59.7 Å². The fraction of sp³-hybridized carbons (Fsp3) is 0.111. The van der Waals surface area contributed by atoms with Gasteiger partial charge in [0.2, 0.25) is 5.82 Å². The highest BCUT2D eigenvalue weighted by atomic mass is 32.2. The average Bonchev–Trinajstić information content (AvgIpc) is 3.15. The van der Waals surface area contributed by atoms with Gasteiger partial charge >= 0.3 is 12.1 Å². The summed E-state index contributed by atoms with van der Waals surface area (Å²) in [6, 6.07) is 9.47. The predicted octanol–water partition coefficient (Wildman–Crippen LogP) is 4.37. The first-order valence-electron chi connectivity index (χ1n) is 8.06. The lowest BCUT2D eigenvalue weighted by Gasteiger charge is -2.11. The Labute approximate surface area is 164 Å². The number of rotatable bonds is 3. The van der Waals surface area contributed by atoms with Gasteiger partial charge in [-0.05, 0) is 42.5 Å². The van der Waals surface area contributed by atoms with E-state index in [1.165, 1.54) is 49.6 Å². The van der Waals surface area contributed by atoms with Crippen molar-refractivity contribution in [2.75, 3.05) is 7.11 Å². The molecule has 0 spiro atoms. The summed E-state index contributed by atoms with van der Waals surface area (Å²) in [6.07, 6.45) is -4.78. The molecule has 2 aromatic carbocycles. The molecule has 148 valence electrons. The number of fused-ring (bicyclic) bond motifs is 3. The number of aromatic nitrogens is 4. The third-order valence-corrected chi connectivity index (χ3v) is 4.97. The van der Waals surface area contributed by atoms with Crippen LogP contribution in [0.2, 0.25) is 0 Å². The van der Waals surface area contributed by atoms with Crippen molar-refractivity contribution in [3.8, 4) is 0 Å². The summed E-state index contributed by atoms with van der Waals surface area (Å²) in [7, 11) is 1.17. The van der Waals surface area contributed by atoms with Crippen LogP contribution >= 0.6 is 11.8 Å². The maximum Gasteiger partial charge on any atom is 0.452 e. The number of carbonyl (C=O) groups excluding carboxylic acids is 1. The predicted molar refractivity (Wildman–Crippen MR) is 95.2 cm³/mol. The van der Waals surface area contributed by atoms with E-state index >= 15 is 0 Å². The second-order valence-corrected chi connectivity index (χ2v) is 6.91. The van der Waals surface area contributed by atoms with Crippen LogP contribution in [0.3, 0.4) is 0 Å². The van der Waals surface area contributed by atoms with E-state index in [9.17, 15) is 22.4 Å². The lowest BCUT2D eigenvalue weighted by molar-refractivity contribution is -0.145. The molecule has 0 fully saturated rings. The summed E-state index contributed by atoms with van der Waals surface area (Å²) >= 11 is 1.02. The first-order chi connectivity index (χ1) is 13.8. The van der Waals surface area contributed by atoms with Crippen LogP contribution in [0.15, 0.2) is 52.4 Å². The lowest BCUT2D eigenvalue weighted by atomic mass is 10.2. The molecule has 0 unspecified atom stereocenters. The number of methoxy groups -OCH3 is 1. The van der Waals surface area contributed by atoms with Crippen LogP contribution in [0.25, 0.3) is 16.7 Å². The van der Waals surface area contributed by atoms with Gasteiger partial charge < -0.3 is 4.74 Å². The van der Waals surface area contributed by atoms with E-state index in [0.717, 1.165) is 16.2 Å². The fourth-order valence-corrected chi connectivity index (χ4v) is 3.58. The minimum Gasteiger partial charge on any atom is -0.465 e. The fourth-order valence-electron chi connectivity index (χ4n) is 2.72. The molecule has 0 bridgehead atoms. The molecule has 0 aliphatic rings. The maximum atomic E-state index is 13.5. The second-order valence-electron chi connectivity index (χ2n) is 5.85. The SMILES string of the molecule is COC(=O)c1ccc2nc(Sc3ccc(F)cc3)c3nnc(C(F)(F)F)n3c2c1. The van der Waals surface area contributed by atoms with Gasteiger partial charge in [-0.15, -0.1) is 10.2 Å². The van der Waals surface area contributed by atoms with Gasteiger partial charge in [-0.3, -0.25) is 4.40 Å². The average molecular weight is 422 g/mol. The molecule has 0 aliphatic carbocycles. The van der Waals surface area contributed by atoms with E-state index < -0.39 is 23.8 Å². The molecule has 0 atom stereocenters. The Balaban J connectivity index is 1.99. The molecule has 0 aliphatic heterocycles. The highest BCUT2D eigenvalue weighted by molar-refractivity contribution is 7.99. The smallest absolute Gasteiger partial charge is 0.452 e. The van der Waals surface area contributed by atoms with Gasteiger partial charge in [-0.25, -0.2) is 14.2 Å². The van der Waals surface area contributed by atoms with Gasteiger partial charge in [-0.2, -0.15) is 13.2 Å². The summed E-state index contributed by atoms with van der Waals surface area (Å²) in [5, 5.41) is 7.10. The van der Waals surface area contributed by atoms with Gasteiger partial charge in [-0.1, -0.05) is 11.8 Å². The Hall–Kier alpha value is -3.21. The number of hydrogen-bond acceptors (Lipinski definition) is 6. The van der Waals surface area contributed by atoms with Gasteiger partial charge in [0.05, 0.1) is 23.7 Å². The summed E-state index contributed by atoms with van der Waals surface area (Å²) in [5.74, 6) is -2.39. The number of halogens is 4. The highest BCUT2D eigenvalue weighted by Crippen LogP contribution is 2.35. The quantitative estimate of drug-likeness (QED) is 0.361. The molecule has 0 amide bonds. The van der Waals surface area contributed by atoms with Crippen molar-refractivity contribution >= 4 is 34.4 Å². The molecule has 11 heteroatoms. The van der Waals surface area contributed by atoms with Crippen LogP contribution in [0.1, 0.15) is 16.2 Å². The molecule has 2 aromatic heterocycles. The van der Waals surface area contributed by atoms with E-state index in [2.05, 4.69) is 19.9 Å². The first kappa shape index (κ1) is 19.1. The second kappa shape index (κ2) is 6.99. The van der Waals surface area contributed by atoms with Crippen LogP contribution < -0.4 is 0 Å². The van der Waals surface area contributed by atoms with Gasteiger partial charge in [0.15, 0.2) is 5.65 Å². The van der Waals surface area contributed by atoms with Crippen LogP contribution in [0, 0.1) is 5.82 Å². The molecule has 0 saturated carbocycles. The molecular weight excluding hydrogens is 412 g/mol. The van der Waals surface area contributed by atoms with E-state index in [1.54, 1.807) is 0 Å². The van der Waals surface area contributed by atoms with Crippen molar-refractivity contribution in [2.24, 2.45) is 0 Å². The summed E-state index contributed by atoms with van der Waals surface area (Å²) in [6.45, 7) is 0. The third-order valence-electron chi connectivity index (χ3n) is 4.00. The molecule has 4 rings (SSSR count). The molecule has 6 nitrogen and oxygen atoms in total. The zero-order valence-corrected chi connectivity index (χ0v) is 15.4. The molecule has 29 heavy (non-hydrogen) atoms. The number of nitrogens with zero attached hydrogens (tertiary/aromatic N) is 4. The lowest BCUT2D eigenvalue weighted by Crippen LogP contribution is -2.12. The highest BCUT2D eigenvalue weighted by Gasteiger charge is 2.38. The van der Waals surface area contributed by atoms with Crippen LogP contribution in [-0.4, -0.2) is 32.7 Å². The monoisotopic (exact) mass is 422 g/mol.